The van der Waals surface area contributed by atoms with Gasteiger partial charge in [0.15, 0.2) is 0 Å². The number of carbonyl (C=O) groups excluding carboxylic acids is 1. The van der Waals surface area contributed by atoms with Crippen molar-refractivity contribution < 1.29 is 4.79 Å². The van der Waals surface area contributed by atoms with E-state index in [0.717, 1.165) is 12.0 Å². The maximum Gasteiger partial charge on any atom is 0.251 e. The number of nitrogens with two attached hydrogens (primary N) is 1. The van der Waals surface area contributed by atoms with E-state index in [0.29, 0.717) is 18.0 Å². The van der Waals surface area contributed by atoms with Crippen LogP contribution in [0.15, 0.2) is 24.3 Å². The minimum absolute atomic E-state index is 0. The highest BCUT2D eigenvalue weighted by atomic mass is 35.5. The predicted octanol–water partition coefficient (Wildman–Crippen LogP) is 2.91. The van der Waals surface area contributed by atoms with Gasteiger partial charge in [-0.05, 0) is 38.3 Å². The molecule has 19 heavy (non-hydrogen) atoms. The van der Waals surface area contributed by atoms with Crippen molar-refractivity contribution in [3.63, 3.8) is 0 Å². The smallest absolute Gasteiger partial charge is 0.251 e. The fourth-order valence-corrected chi connectivity index (χ4v) is 2.14. The van der Waals surface area contributed by atoms with Crippen LogP contribution in [0.3, 0.4) is 0 Å². The van der Waals surface area contributed by atoms with E-state index in [1.165, 1.54) is 0 Å². The first kappa shape index (κ1) is 17.9. The molecule has 0 radical (unpaired) electrons. The third-order valence-corrected chi connectivity index (χ3v) is 3.04. The van der Waals surface area contributed by atoms with E-state index in [1.807, 2.05) is 38.1 Å². The third kappa shape index (κ3) is 5.62. The van der Waals surface area contributed by atoms with E-state index < -0.39 is 0 Å². The zero-order valence-electron chi connectivity index (χ0n) is 12.2. The van der Waals surface area contributed by atoms with Gasteiger partial charge in [-0.25, -0.2) is 0 Å². The molecular weight excluding hydrogens is 260 g/mol. The molecule has 1 rings (SSSR count). The number of nitrogens with one attached hydrogen (secondary N) is 1. The van der Waals surface area contributed by atoms with Crippen molar-refractivity contribution in [1.82, 2.24) is 5.32 Å². The Balaban J connectivity index is 0.00000324. The van der Waals surface area contributed by atoms with Crippen molar-refractivity contribution >= 4 is 18.3 Å². The summed E-state index contributed by atoms with van der Waals surface area (Å²) in [6.07, 6.45) is 0.876. The normalized spacial score (nSPS) is 13.6. The number of halogens is 1. The lowest BCUT2D eigenvalue weighted by Gasteiger charge is -2.31. The molecule has 3 nitrogen and oxygen atoms in total. The third-order valence-electron chi connectivity index (χ3n) is 3.04. The molecule has 0 heterocycles. The molecular formula is C15H25ClN2O. The van der Waals surface area contributed by atoms with E-state index in [9.17, 15) is 4.79 Å². The largest absolute Gasteiger partial charge is 0.346 e. The fourth-order valence-electron chi connectivity index (χ4n) is 2.14. The number of hydrogen-bond acceptors (Lipinski definition) is 2. The first-order valence-electron chi connectivity index (χ1n) is 6.45. The number of hydrogen-bond donors (Lipinski definition) is 2. The van der Waals surface area contributed by atoms with Crippen LogP contribution in [0.1, 0.15) is 43.1 Å². The highest BCUT2D eigenvalue weighted by molar-refractivity contribution is 5.94. The number of benzene rings is 1. The van der Waals surface area contributed by atoms with Crippen LogP contribution in [0, 0.1) is 12.8 Å². The molecule has 0 aliphatic heterocycles. The predicted molar refractivity (Wildman–Crippen MR) is 82.8 cm³/mol. The lowest BCUT2D eigenvalue weighted by Crippen LogP contribution is -2.52. The molecule has 1 unspecified atom stereocenters. The number of amides is 1. The van der Waals surface area contributed by atoms with E-state index >= 15 is 0 Å². The molecule has 1 aromatic carbocycles. The minimum Gasteiger partial charge on any atom is -0.346 e. The van der Waals surface area contributed by atoms with Gasteiger partial charge in [0.25, 0.3) is 5.91 Å². The molecule has 0 fully saturated rings. The molecule has 3 N–H and O–H groups in total. The number of rotatable bonds is 5. The van der Waals surface area contributed by atoms with Crippen LogP contribution < -0.4 is 11.1 Å². The van der Waals surface area contributed by atoms with E-state index in [2.05, 4.69) is 19.2 Å². The van der Waals surface area contributed by atoms with Gasteiger partial charge in [0.1, 0.15) is 0 Å². The average molecular weight is 285 g/mol. The number of aryl methyl sites for hydroxylation is 1. The summed E-state index contributed by atoms with van der Waals surface area (Å²) in [6, 6.07) is 7.57. The zero-order valence-corrected chi connectivity index (χ0v) is 13.0. The molecule has 0 spiro atoms. The van der Waals surface area contributed by atoms with E-state index in [4.69, 9.17) is 5.73 Å². The van der Waals surface area contributed by atoms with Crippen molar-refractivity contribution in [3.8, 4) is 0 Å². The van der Waals surface area contributed by atoms with Gasteiger partial charge >= 0.3 is 0 Å². The summed E-state index contributed by atoms with van der Waals surface area (Å²) in [5, 5.41) is 3.05. The van der Waals surface area contributed by atoms with E-state index in [1.54, 1.807) is 0 Å². The average Bonchev–Trinajstić information content (AvgIpc) is 2.28. The van der Waals surface area contributed by atoms with Gasteiger partial charge in [0, 0.05) is 17.6 Å². The molecule has 0 aliphatic carbocycles. The lowest BCUT2D eigenvalue weighted by atomic mass is 9.90. The van der Waals surface area contributed by atoms with Crippen LogP contribution >= 0.6 is 12.4 Å². The lowest BCUT2D eigenvalue weighted by molar-refractivity contribution is 0.0898. The molecule has 0 bridgehead atoms. The van der Waals surface area contributed by atoms with Gasteiger partial charge in [-0.1, -0.05) is 31.5 Å². The van der Waals surface area contributed by atoms with Gasteiger partial charge in [-0.2, -0.15) is 0 Å². The Bertz CT molecular complexity index is 403. The second-order valence-electron chi connectivity index (χ2n) is 5.68. The molecule has 1 aromatic rings. The number of carbonyl (C=O) groups is 1. The summed E-state index contributed by atoms with van der Waals surface area (Å²) in [4.78, 5) is 12.1. The zero-order chi connectivity index (χ0) is 13.8. The summed E-state index contributed by atoms with van der Waals surface area (Å²) in [5.41, 5.74) is 7.29. The van der Waals surface area contributed by atoms with Crippen LogP contribution in [0.4, 0.5) is 0 Å². The van der Waals surface area contributed by atoms with Crippen LogP contribution in [-0.4, -0.2) is 18.0 Å². The molecule has 0 aliphatic rings. The van der Waals surface area contributed by atoms with Crippen LogP contribution in [0.25, 0.3) is 0 Å². The maximum absolute atomic E-state index is 12.1. The Morgan fingerprint density at radius 1 is 1.32 bits per heavy atom. The Morgan fingerprint density at radius 2 is 1.84 bits per heavy atom. The monoisotopic (exact) mass is 284 g/mol. The molecule has 0 saturated heterocycles. The Hall–Kier alpha value is -1.06. The molecule has 1 amide bonds. The van der Waals surface area contributed by atoms with Crippen molar-refractivity contribution in [3.05, 3.63) is 35.4 Å². The van der Waals surface area contributed by atoms with Crippen LogP contribution in [-0.2, 0) is 0 Å². The molecule has 1 atom stereocenters. The van der Waals surface area contributed by atoms with Gasteiger partial charge in [0.2, 0.25) is 0 Å². The van der Waals surface area contributed by atoms with Crippen molar-refractivity contribution in [2.45, 2.75) is 39.7 Å². The highest BCUT2D eigenvalue weighted by Gasteiger charge is 2.26. The molecule has 4 heteroatoms. The summed E-state index contributed by atoms with van der Waals surface area (Å²) >= 11 is 0. The summed E-state index contributed by atoms with van der Waals surface area (Å²) in [6.45, 7) is 8.71. The van der Waals surface area contributed by atoms with Gasteiger partial charge < -0.3 is 11.1 Å². The SMILES string of the molecule is Cc1ccc(C(=O)NC(C)(CN)CC(C)C)cc1.Cl. The second kappa shape index (κ2) is 7.51. The Labute approximate surface area is 122 Å². The summed E-state index contributed by atoms with van der Waals surface area (Å²) in [5.74, 6) is 0.445. The second-order valence-corrected chi connectivity index (χ2v) is 5.68. The summed E-state index contributed by atoms with van der Waals surface area (Å²) in [7, 11) is 0. The van der Waals surface area contributed by atoms with E-state index in [-0.39, 0.29) is 23.9 Å². The Morgan fingerprint density at radius 3 is 2.26 bits per heavy atom. The fraction of sp³-hybridized carbons (Fsp3) is 0.533. The summed E-state index contributed by atoms with van der Waals surface area (Å²) < 4.78 is 0. The van der Waals surface area contributed by atoms with Crippen molar-refractivity contribution in [1.29, 1.82) is 0 Å². The topological polar surface area (TPSA) is 55.1 Å². The Kier molecular flexibility index (Phi) is 7.09. The first-order valence-corrected chi connectivity index (χ1v) is 6.45. The van der Waals surface area contributed by atoms with Crippen molar-refractivity contribution in [2.75, 3.05) is 6.54 Å². The maximum atomic E-state index is 12.1. The first-order chi connectivity index (χ1) is 8.36. The molecule has 108 valence electrons. The molecule has 0 saturated carbocycles. The van der Waals surface area contributed by atoms with Gasteiger partial charge in [-0.15, -0.1) is 12.4 Å². The quantitative estimate of drug-likeness (QED) is 0.873. The minimum atomic E-state index is -0.337. The van der Waals surface area contributed by atoms with Gasteiger partial charge in [0.05, 0.1) is 0 Å². The van der Waals surface area contributed by atoms with Crippen LogP contribution in [0.2, 0.25) is 0 Å². The standard InChI is InChI=1S/C15H24N2O.ClH/c1-11(2)9-15(4,10-16)17-14(18)13-7-5-12(3)6-8-13;/h5-8,11H,9-10,16H2,1-4H3,(H,17,18);1H. The molecule has 0 aromatic heterocycles. The van der Waals surface area contributed by atoms with Crippen LogP contribution in [0.5, 0.6) is 0 Å². The highest BCUT2D eigenvalue weighted by Crippen LogP contribution is 2.16. The van der Waals surface area contributed by atoms with Gasteiger partial charge in [-0.3, -0.25) is 4.79 Å². The van der Waals surface area contributed by atoms with Crippen molar-refractivity contribution in [2.24, 2.45) is 11.7 Å².